The topological polar surface area (TPSA) is 114 Å². The molecule has 3 N–H and O–H groups in total. The van der Waals surface area contributed by atoms with Crippen molar-refractivity contribution < 1.29 is 22.6 Å². The molecular weight excluding hydrogens is 617 g/mol. The number of thiophene rings is 1. The number of fused-ring (bicyclic) bond motifs is 5. The normalized spacial score (nSPS) is 24.7. The van der Waals surface area contributed by atoms with Gasteiger partial charge >= 0.3 is 6.01 Å². The third-order valence-electron chi connectivity index (χ3n) is 10.2. The van der Waals surface area contributed by atoms with Crippen molar-refractivity contribution in [1.82, 2.24) is 24.8 Å². The molecule has 3 saturated heterocycles. The Hall–Kier alpha value is -3.59. The molecule has 3 fully saturated rings. The van der Waals surface area contributed by atoms with Gasteiger partial charge in [0.25, 0.3) is 0 Å². The fourth-order valence-corrected chi connectivity index (χ4v) is 8.90. The van der Waals surface area contributed by atoms with Crippen LogP contribution < -0.4 is 15.8 Å². The van der Waals surface area contributed by atoms with Gasteiger partial charge in [-0.1, -0.05) is 0 Å². The van der Waals surface area contributed by atoms with Gasteiger partial charge in [-0.25, -0.2) is 13.2 Å². The van der Waals surface area contributed by atoms with Gasteiger partial charge in [0, 0.05) is 36.5 Å². The van der Waals surface area contributed by atoms with E-state index < -0.39 is 23.3 Å². The zero-order chi connectivity index (χ0) is 31.7. The highest BCUT2D eigenvalue weighted by molar-refractivity contribution is 7.23. The number of rotatable bonds is 8. The average molecular weight is 653 g/mol. The van der Waals surface area contributed by atoms with Crippen LogP contribution >= 0.6 is 11.3 Å². The number of nitrogen functional groups attached to an aromatic ring is 1. The minimum absolute atomic E-state index is 0.00691. The Kier molecular flexibility index (Phi) is 7.31. The summed E-state index contributed by atoms with van der Waals surface area (Å²) in [5, 5.41) is 4.55. The molecule has 0 aliphatic carbocycles. The summed E-state index contributed by atoms with van der Waals surface area (Å²) in [6.45, 7) is 6.98. The zero-order valence-corrected chi connectivity index (χ0v) is 26.4. The molecule has 0 spiro atoms. The van der Waals surface area contributed by atoms with Gasteiger partial charge in [0.1, 0.15) is 34.8 Å². The number of anilines is 2. The number of nitrogens with one attached hydrogen (secondary N) is 1. The van der Waals surface area contributed by atoms with E-state index in [1.165, 1.54) is 0 Å². The Bertz CT molecular complexity index is 1890. The number of pyridine rings is 1. The van der Waals surface area contributed by atoms with Crippen LogP contribution in [0.3, 0.4) is 0 Å². The number of nitrogens with two attached hydrogens (primary N) is 1. The third-order valence-corrected chi connectivity index (χ3v) is 11.3. The number of aliphatic imine (C=N–C) groups is 1. The van der Waals surface area contributed by atoms with E-state index in [9.17, 15) is 8.78 Å². The predicted molar refractivity (Wildman–Crippen MR) is 173 cm³/mol. The first kappa shape index (κ1) is 29.8. The molecule has 4 aromatic rings. The molecule has 242 valence electrons. The van der Waals surface area contributed by atoms with Crippen molar-refractivity contribution in [2.75, 3.05) is 50.9 Å². The number of aromatic nitrogens is 3. The summed E-state index contributed by atoms with van der Waals surface area (Å²) in [6.07, 6.45) is 4.47. The molecule has 0 amide bonds. The molecule has 0 bridgehead atoms. The summed E-state index contributed by atoms with van der Waals surface area (Å²) < 4.78 is 59.0. The van der Waals surface area contributed by atoms with Gasteiger partial charge in [-0.3, -0.25) is 14.9 Å². The van der Waals surface area contributed by atoms with E-state index in [0.29, 0.717) is 47.7 Å². The Morgan fingerprint density at radius 2 is 2.07 bits per heavy atom. The van der Waals surface area contributed by atoms with E-state index in [1.807, 2.05) is 0 Å². The van der Waals surface area contributed by atoms with Crippen LogP contribution in [0.2, 0.25) is 0 Å². The molecule has 46 heavy (non-hydrogen) atoms. The second-order valence-electron chi connectivity index (χ2n) is 12.9. The average Bonchev–Trinajstić information content (AvgIpc) is 3.86. The predicted octanol–water partition coefficient (Wildman–Crippen LogP) is 5.59. The van der Waals surface area contributed by atoms with Crippen LogP contribution in [0.15, 0.2) is 11.2 Å². The van der Waals surface area contributed by atoms with Gasteiger partial charge in [0.15, 0.2) is 11.6 Å². The Morgan fingerprint density at radius 1 is 1.22 bits per heavy atom. The Balaban J connectivity index is 1.29. The van der Waals surface area contributed by atoms with Gasteiger partial charge in [-0.2, -0.15) is 9.97 Å². The standard InChI is InChI=1S/C32H35F3N8O2S/c1-37-27-23-25(38-11-20(34)28(23)46-29(27)36)21-18-13-44-14-19(18)22-26(24(21)35)40-31(41-30(22)39-10-17-5-3-7-42(17)2)45-15-32-6-4-8-43(32)12-16(33)9-32/h11,16-17H,1,3-10,12-15,36H2,2H3,(H,39,40,41)/t16-,17+,32+/m1/s1. The van der Waals surface area contributed by atoms with Crippen molar-refractivity contribution in [2.45, 2.75) is 63.1 Å². The molecule has 3 atom stereocenters. The highest BCUT2D eigenvalue weighted by Gasteiger charge is 2.49. The minimum atomic E-state index is -0.911. The highest BCUT2D eigenvalue weighted by atomic mass is 32.1. The van der Waals surface area contributed by atoms with E-state index in [-0.39, 0.29) is 58.0 Å². The molecule has 1 aromatic carbocycles. The van der Waals surface area contributed by atoms with Crippen LogP contribution in [0.25, 0.3) is 32.2 Å². The zero-order valence-electron chi connectivity index (χ0n) is 25.5. The number of likely N-dealkylation sites (tertiary alicyclic amines) is 1. The van der Waals surface area contributed by atoms with E-state index in [4.69, 9.17) is 20.2 Å². The largest absolute Gasteiger partial charge is 0.461 e. The van der Waals surface area contributed by atoms with Crippen molar-refractivity contribution in [2.24, 2.45) is 4.99 Å². The van der Waals surface area contributed by atoms with Crippen LogP contribution in [0, 0.1) is 11.6 Å². The molecule has 14 heteroatoms. The Morgan fingerprint density at radius 3 is 2.87 bits per heavy atom. The lowest BCUT2D eigenvalue weighted by Crippen LogP contribution is -2.43. The molecule has 7 heterocycles. The smallest absolute Gasteiger partial charge is 0.319 e. The number of benzene rings is 1. The summed E-state index contributed by atoms with van der Waals surface area (Å²) in [5.41, 5.74) is 7.71. The van der Waals surface area contributed by atoms with Crippen molar-refractivity contribution in [3.05, 3.63) is 29.0 Å². The summed E-state index contributed by atoms with van der Waals surface area (Å²) >= 11 is 1.02. The number of ether oxygens (including phenoxy) is 2. The van der Waals surface area contributed by atoms with E-state index in [1.54, 1.807) is 0 Å². The molecule has 0 saturated carbocycles. The second kappa shape index (κ2) is 11.3. The number of hydrogen-bond donors (Lipinski definition) is 2. The number of likely N-dealkylation sites (N-methyl/N-ethyl adjacent to an activating group) is 1. The van der Waals surface area contributed by atoms with Gasteiger partial charge in [-0.05, 0) is 63.7 Å². The molecule has 0 unspecified atom stereocenters. The number of nitrogens with zero attached hydrogens (tertiary/aromatic N) is 6. The SMILES string of the molecule is C=Nc1c(N)sc2c(F)cnc(-c3c4c(c5c(NC[C@@H]6CCCN6C)nc(OC[C@@]67CCCN6C[C@H](F)C7)nc5c3F)COC4)c12. The first-order valence-corrected chi connectivity index (χ1v) is 16.5. The van der Waals surface area contributed by atoms with Crippen molar-refractivity contribution in [3.8, 4) is 17.3 Å². The second-order valence-corrected chi connectivity index (χ2v) is 13.9. The Labute approximate surface area is 267 Å². The first-order valence-electron chi connectivity index (χ1n) is 15.7. The van der Waals surface area contributed by atoms with Gasteiger partial charge in [-0.15, -0.1) is 11.3 Å². The summed E-state index contributed by atoms with van der Waals surface area (Å²) in [7, 11) is 2.09. The molecule has 4 aliphatic rings. The highest BCUT2D eigenvalue weighted by Crippen LogP contribution is 2.49. The lowest BCUT2D eigenvalue weighted by Gasteiger charge is -2.31. The molecule has 8 rings (SSSR count). The van der Waals surface area contributed by atoms with Gasteiger partial charge in [0.05, 0.1) is 40.7 Å². The molecule has 10 nitrogen and oxygen atoms in total. The maximum Gasteiger partial charge on any atom is 0.319 e. The molecular formula is C32H35F3N8O2S. The lowest BCUT2D eigenvalue weighted by atomic mass is 9.94. The fourth-order valence-electron chi connectivity index (χ4n) is 7.97. The molecule has 4 aliphatic heterocycles. The quantitative estimate of drug-likeness (QED) is 0.235. The van der Waals surface area contributed by atoms with E-state index in [0.717, 1.165) is 61.9 Å². The van der Waals surface area contributed by atoms with Crippen LogP contribution in [-0.4, -0.2) is 89.1 Å². The van der Waals surface area contributed by atoms with Gasteiger partial charge < -0.3 is 25.4 Å². The summed E-state index contributed by atoms with van der Waals surface area (Å²) in [4.78, 5) is 22.3. The minimum Gasteiger partial charge on any atom is -0.461 e. The van der Waals surface area contributed by atoms with E-state index in [2.05, 4.69) is 43.8 Å². The number of hydrogen-bond acceptors (Lipinski definition) is 11. The van der Waals surface area contributed by atoms with E-state index >= 15 is 4.39 Å². The van der Waals surface area contributed by atoms with Crippen LogP contribution in [0.5, 0.6) is 6.01 Å². The van der Waals surface area contributed by atoms with Crippen molar-refractivity contribution >= 4 is 55.5 Å². The fraction of sp³-hybridized carbons (Fsp3) is 0.500. The summed E-state index contributed by atoms with van der Waals surface area (Å²) in [5.74, 6) is -0.782. The third kappa shape index (κ3) is 4.63. The first-order chi connectivity index (χ1) is 22.3. The summed E-state index contributed by atoms with van der Waals surface area (Å²) in [6, 6.07) is 0.298. The maximum absolute atomic E-state index is 17.1. The van der Waals surface area contributed by atoms with Gasteiger partial charge in [0.2, 0.25) is 0 Å². The number of alkyl halides is 1. The maximum atomic E-state index is 17.1. The number of halogens is 3. The monoisotopic (exact) mass is 652 g/mol. The van der Waals surface area contributed by atoms with Crippen molar-refractivity contribution in [3.63, 3.8) is 0 Å². The van der Waals surface area contributed by atoms with Crippen molar-refractivity contribution in [1.29, 1.82) is 0 Å². The lowest BCUT2D eigenvalue weighted by molar-refractivity contribution is 0.107. The van der Waals surface area contributed by atoms with Crippen LogP contribution in [-0.2, 0) is 18.0 Å². The van der Waals surface area contributed by atoms with Crippen LogP contribution in [0.4, 0.5) is 29.7 Å². The van der Waals surface area contributed by atoms with Crippen LogP contribution in [0.1, 0.15) is 43.2 Å². The molecule has 0 radical (unpaired) electrons. The molecule has 3 aromatic heterocycles.